The molecule has 0 saturated heterocycles. The van der Waals surface area contributed by atoms with E-state index in [0.717, 1.165) is 4.90 Å². The van der Waals surface area contributed by atoms with Gasteiger partial charge in [0.2, 0.25) is 0 Å². The van der Waals surface area contributed by atoms with Crippen LogP contribution in [0.1, 0.15) is 27.7 Å². The molecule has 0 aliphatic rings. The number of nitrogens with zero attached hydrogens (tertiary/aromatic N) is 2. The normalized spacial score (nSPS) is 10.3. The topological polar surface area (TPSA) is 95.7 Å². The maximum atomic E-state index is 12.0. The molecule has 0 aromatic carbocycles. The number of primary amides is 1. The predicted octanol–water partition coefficient (Wildman–Crippen LogP) is 0.945. The number of carbonyl (C=O) groups excluding carboxylic acids is 3. The molecule has 0 radical (unpaired) electrons. The Morgan fingerprint density at radius 3 is 1.76 bits per heavy atom. The molecule has 0 aromatic rings. The molecular formula is C10H20N4O3. The van der Waals surface area contributed by atoms with Crippen molar-refractivity contribution in [3.63, 3.8) is 0 Å². The third-order valence-electron chi connectivity index (χ3n) is 2.16. The van der Waals surface area contributed by atoms with Crippen LogP contribution in [0.4, 0.5) is 14.4 Å². The molecule has 3 N–H and O–H groups in total. The molecule has 0 aliphatic heterocycles. The van der Waals surface area contributed by atoms with E-state index in [4.69, 9.17) is 5.73 Å². The van der Waals surface area contributed by atoms with E-state index < -0.39 is 18.1 Å². The molecule has 17 heavy (non-hydrogen) atoms. The average molecular weight is 244 g/mol. The summed E-state index contributed by atoms with van der Waals surface area (Å²) < 4.78 is 0. The Balaban J connectivity index is 4.78. The summed E-state index contributed by atoms with van der Waals surface area (Å²) in [6.07, 6.45) is 0. The Morgan fingerprint density at radius 1 is 1.06 bits per heavy atom. The van der Waals surface area contributed by atoms with Crippen LogP contribution in [0.25, 0.3) is 0 Å². The standard InChI is InChI=1S/C10H20N4O3/c1-6(2)14(7(3)4)10(17)13(5)9(16)12-8(11)15/h6-7H,1-5H3,(H3,11,12,15,16). The van der Waals surface area contributed by atoms with Crippen molar-refractivity contribution in [2.24, 2.45) is 5.73 Å². The van der Waals surface area contributed by atoms with E-state index in [1.165, 1.54) is 11.9 Å². The van der Waals surface area contributed by atoms with Gasteiger partial charge in [-0.15, -0.1) is 0 Å². The molecule has 7 heteroatoms. The van der Waals surface area contributed by atoms with E-state index in [0.29, 0.717) is 0 Å². The van der Waals surface area contributed by atoms with Crippen LogP contribution in [0.15, 0.2) is 0 Å². The lowest BCUT2D eigenvalue weighted by molar-refractivity contribution is 0.137. The van der Waals surface area contributed by atoms with E-state index in [1.54, 1.807) is 0 Å². The Labute approximate surface area is 101 Å². The minimum atomic E-state index is -0.990. The highest BCUT2D eigenvalue weighted by atomic mass is 16.2. The molecule has 0 heterocycles. The third kappa shape index (κ3) is 4.29. The van der Waals surface area contributed by atoms with Crippen molar-refractivity contribution < 1.29 is 14.4 Å². The zero-order valence-electron chi connectivity index (χ0n) is 10.9. The quantitative estimate of drug-likeness (QED) is 0.756. The molecular weight excluding hydrogens is 224 g/mol. The lowest BCUT2D eigenvalue weighted by Crippen LogP contribution is -2.53. The highest BCUT2D eigenvalue weighted by molar-refractivity contribution is 6.00. The van der Waals surface area contributed by atoms with Gasteiger partial charge >= 0.3 is 18.1 Å². The summed E-state index contributed by atoms with van der Waals surface area (Å²) in [6, 6.07) is -2.41. The Bertz CT molecular complexity index is 307. The number of nitrogens with one attached hydrogen (secondary N) is 1. The lowest BCUT2D eigenvalue weighted by atomic mass is 10.2. The molecule has 0 spiro atoms. The number of rotatable bonds is 2. The summed E-state index contributed by atoms with van der Waals surface area (Å²) in [5.41, 5.74) is 4.80. The van der Waals surface area contributed by atoms with Gasteiger partial charge in [-0.05, 0) is 27.7 Å². The van der Waals surface area contributed by atoms with Crippen molar-refractivity contribution in [2.75, 3.05) is 7.05 Å². The van der Waals surface area contributed by atoms with Crippen molar-refractivity contribution in [1.29, 1.82) is 0 Å². The fourth-order valence-corrected chi connectivity index (χ4v) is 1.49. The fraction of sp³-hybridized carbons (Fsp3) is 0.700. The largest absolute Gasteiger partial charge is 0.351 e. The van der Waals surface area contributed by atoms with Gasteiger partial charge in [0.25, 0.3) is 0 Å². The second-order valence-corrected chi connectivity index (χ2v) is 4.23. The SMILES string of the molecule is CC(C)N(C(=O)N(C)C(=O)NC(N)=O)C(C)C. The van der Waals surface area contributed by atoms with Gasteiger partial charge in [-0.3, -0.25) is 5.32 Å². The zero-order chi connectivity index (χ0) is 13.7. The number of amides is 6. The van der Waals surface area contributed by atoms with Crippen molar-refractivity contribution in [3.8, 4) is 0 Å². The van der Waals surface area contributed by atoms with E-state index >= 15 is 0 Å². The van der Waals surface area contributed by atoms with Crippen LogP contribution in [0, 0.1) is 0 Å². The van der Waals surface area contributed by atoms with Gasteiger partial charge in [0, 0.05) is 19.1 Å². The van der Waals surface area contributed by atoms with Crippen LogP contribution in [-0.2, 0) is 0 Å². The Kier molecular flexibility index (Phi) is 5.43. The van der Waals surface area contributed by atoms with Crippen LogP contribution in [-0.4, -0.2) is 47.0 Å². The number of hydrogen-bond donors (Lipinski definition) is 2. The smallest absolute Gasteiger partial charge is 0.333 e. The van der Waals surface area contributed by atoms with Crippen molar-refractivity contribution in [2.45, 2.75) is 39.8 Å². The highest BCUT2D eigenvalue weighted by Crippen LogP contribution is 2.08. The van der Waals surface area contributed by atoms with E-state index in [-0.39, 0.29) is 12.1 Å². The van der Waals surface area contributed by atoms with Crippen LogP contribution in [0.3, 0.4) is 0 Å². The molecule has 0 bridgehead atoms. The van der Waals surface area contributed by atoms with E-state index in [1.807, 2.05) is 33.0 Å². The maximum absolute atomic E-state index is 12.0. The molecule has 0 atom stereocenters. The molecule has 6 amide bonds. The first-order chi connectivity index (χ1) is 7.68. The first-order valence-corrected chi connectivity index (χ1v) is 5.34. The average Bonchev–Trinajstić information content (AvgIpc) is 2.13. The molecule has 98 valence electrons. The summed E-state index contributed by atoms with van der Waals surface area (Å²) in [5, 5.41) is 1.83. The maximum Gasteiger partial charge on any atom is 0.333 e. The summed E-state index contributed by atoms with van der Waals surface area (Å²) >= 11 is 0. The first kappa shape index (κ1) is 15.2. The van der Waals surface area contributed by atoms with Gasteiger partial charge in [-0.25, -0.2) is 19.3 Å². The third-order valence-corrected chi connectivity index (χ3v) is 2.16. The van der Waals surface area contributed by atoms with E-state index in [2.05, 4.69) is 0 Å². The summed E-state index contributed by atoms with van der Waals surface area (Å²) in [7, 11) is 1.29. The number of hydrogen-bond acceptors (Lipinski definition) is 3. The highest BCUT2D eigenvalue weighted by Gasteiger charge is 2.27. The van der Waals surface area contributed by atoms with Gasteiger partial charge in [0.05, 0.1) is 0 Å². The van der Waals surface area contributed by atoms with Crippen LogP contribution in [0.5, 0.6) is 0 Å². The van der Waals surface area contributed by atoms with Crippen LogP contribution in [0.2, 0.25) is 0 Å². The van der Waals surface area contributed by atoms with Gasteiger partial charge in [-0.1, -0.05) is 0 Å². The van der Waals surface area contributed by atoms with Crippen molar-refractivity contribution in [3.05, 3.63) is 0 Å². The second-order valence-electron chi connectivity index (χ2n) is 4.23. The molecule has 0 saturated carbocycles. The monoisotopic (exact) mass is 244 g/mol. The van der Waals surface area contributed by atoms with Gasteiger partial charge in [0.15, 0.2) is 0 Å². The molecule has 0 unspecified atom stereocenters. The number of urea groups is 3. The Hall–Kier alpha value is -1.79. The minimum absolute atomic E-state index is 0.0497. The van der Waals surface area contributed by atoms with Gasteiger partial charge < -0.3 is 10.6 Å². The van der Waals surface area contributed by atoms with E-state index in [9.17, 15) is 14.4 Å². The summed E-state index contributed by atoms with van der Waals surface area (Å²) in [6.45, 7) is 7.38. The first-order valence-electron chi connectivity index (χ1n) is 5.34. The fourth-order valence-electron chi connectivity index (χ4n) is 1.49. The molecule has 0 aliphatic carbocycles. The summed E-state index contributed by atoms with van der Waals surface area (Å²) in [5.74, 6) is 0. The zero-order valence-corrected chi connectivity index (χ0v) is 10.9. The number of nitrogens with two attached hydrogens (primary N) is 1. The van der Waals surface area contributed by atoms with Gasteiger partial charge in [0.1, 0.15) is 0 Å². The summed E-state index contributed by atoms with van der Waals surface area (Å²) in [4.78, 5) is 36.3. The molecule has 0 rings (SSSR count). The number of carbonyl (C=O) groups is 3. The molecule has 7 nitrogen and oxygen atoms in total. The van der Waals surface area contributed by atoms with Crippen molar-refractivity contribution >= 4 is 18.1 Å². The lowest BCUT2D eigenvalue weighted by Gasteiger charge is -2.33. The molecule has 0 aromatic heterocycles. The molecule has 0 fully saturated rings. The van der Waals surface area contributed by atoms with Crippen LogP contribution < -0.4 is 11.1 Å². The van der Waals surface area contributed by atoms with Crippen LogP contribution >= 0.6 is 0 Å². The minimum Gasteiger partial charge on any atom is -0.351 e. The predicted molar refractivity (Wildman–Crippen MR) is 63.4 cm³/mol. The van der Waals surface area contributed by atoms with Crippen molar-refractivity contribution in [1.82, 2.24) is 15.1 Å². The van der Waals surface area contributed by atoms with Gasteiger partial charge in [-0.2, -0.15) is 0 Å². The number of imide groups is 2. The Morgan fingerprint density at radius 2 is 1.47 bits per heavy atom. The second kappa shape index (κ2) is 6.07.